The molecule has 2 rings (SSSR count). The number of carbonyl (C=O) groups is 1. The van der Waals surface area contributed by atoms with Crippen molar-refractivity contribution in [2.75, 3.05) is 6.54 Å². The molecule has 0 bridgehead atoms. The van der Waals surface area contributed by atoms with Crippen LogP contribution in [0.4, 0.5) is 0 Å². The van der Waals surface area contributed by atoms with Gasteiger partial charge in [0, 0.05) is 23.8 Å². The summed E-state index contributed by atoms with van der Waals surface area (Å²) in [7, 11) is 0. The molecule has 1 aromatic heterocycles. The van der Waals surface area contributed by atoms with E-state index in [-0.39, 0.29) is 17.9 Å². The van der Waals surface area contributed by atoms with Gasteiger partial charge in [-0.1, -0.05) is 6.07 Å². The van der Waals surface area contributed by atoms with Crippen LogP contribution < -0.4 is 0 Å². The van der Waals surface area contributed by atoms with Crippen molar-refractivity contribution >= 4 is 17.2 Å². The van der Waals surface area contributed by atoms with Crippen molar-refractivity contribution < 1.29 is 4.79 Å². The Labute approximate surface area is 93.9 Å². The maximum atomic E-state index is 11.7. The molecule has 2 nitrogen and oxygen atoms in total. The molecule has 1 aliphatic rings. The molecule has 1 aromatic rings. The molecule has 78 valence electrons. The third kappa shape index (κ3) is 1.91. The Kier molecular flexibility index (Phi) is 2.79. The van der Waals surface area contributed by atoms with Crippen LogP contribution >= 0.6 is 11.3 Å². The molecule has 2 heterocycles. The second-order valence-corrected chi connectivity index (χ2v) is 4.78. The van der Waals surface area contributed by atoms with Gasteiger partial charge in [-0.2, -0.15) is 0 Å². The number of likely N-dealkylation sites (tertiary alicyclic amines) is 1. The van der Waals surface area contributed by atoms with Gasteiger partial charge in [-0.3, -0.25) is 4.79 Å². The molecule has 1 fully saturated rings. The molecule has 1 aliphatic heterocycles. The van der Waals surface area contributed by atoms with Gasteiger partial charge in [0.1, 0.15) is 0 Å². The minimum absolute atomic E-state index is 0.0971. The fraction of sp³-hybridized carbons (Fsp3) is 0.417. The number of thiophene rings is 1. The van der Waals surface area contributed by atoms with Gasteiger partial charge in [-0.15, -0.1) is 23.7 Å². The van der Waals surface area contributed by atoms with E-state index in [0.717, 1.165) is 0 Å². The van der Waals surface area contributed by atoms with Crippen molar-refractivity contribution in [3.05, 3.63) is 22.4 Å². The van der Waals surface area contributed by atoms with E-state index in [0.29, 0.717) is 13.0 Å². The highest BCUT2D eigenvalue weighted by Gasteiger charge is 2.32. The molecule has 1 amide bonds. The largest absolute Gasteiger partial charge is 0.334 e. The zero-order chi connectivity index (χ0) is 10.8. The molecule has 0 saturated carbocycles. The lowest BCUT2D eigenvalue weighted by Gasteiger charge is -2.23. The van der Waals surface area contributed by atoms with E-state index in [9.17, 15) is 4.79 Å². The lowest BCUT2D eigenvalue weighted by atomic mass is 10.1. The number of hydrogen-bond acceptors (Lipinski definition) is 2. The highest BCUT2D eigenvalue weighted by molar-refractivity contribution is 7.10. The first kappa shape index (κ1) is 10.3. The van der Waals surface area contributed by atoms with E-state index >= 15 is 0 Å². The summed E-state index contributed by atoms with van der Waals surface area (Å²) in [6.45, 7) is 2.76. The topological polar surface area (TPSA) is 20.3 Å². The van der Waals surface area contributed by atoms with Gasteiger partial charge < -0.3 is 4.90 Å². The maximum absolute atomic E-state index is 11.7. The van der Waals surface area contributed by atoms with E-state index < -0.39 is 0 Å². The Bertz CT molecular complexity index is 390. The third-order valence-corrected chi connectivity index (χ3v) is 3.86. The van der Waals surface area contributed by atoms with Crippen molar-refractivity contribution in [3.63, 3.8) is 0 Å². The van der Waals surface area contributed by atoms with Gasteiger partial charge in [0.05, 0.1) is 6.04 Å². The van der Waals surface area contributed by atoms with E-state index in [4.69, 9.17) is 6.42 Å². The Morgan fingerprint density at radius 1 is 1.73 bits per heavy atom. The number of terminal acetylenes is 1. The average Bonchev–Trinajstić information content (AvgIpc) is 2.85. The molecule has 0 aliphatic carbocycles. The molecule has 0 N–H and O–H groups in total. The third-order valence-electron chi connectivity index (χ3n) is 2.82. The summed E-state index contributed by atoms with van der Waals surface area (Å²) in [6, 6.07) is 4.23. The molecule has 2 unspecified atom stereocenters. The van der Waals surface area contributed by atoms with Crippen LogP contribution in [-0.2, 0) is 4.79 Å². The fourth-order valence-electron chi connectivity index (χ4n) is 1.90. The van der Waals surface area contributed by atoms with Crippen LogP contribution in [0.2, 0.25) is 0 Å². The van der Waals surface area contributed by atoms with Crippen LogP contribution in [0.1, 0.15) is 24.3 Å². The SMILES string of the molecule is C#CC1CC(=O)N(C(C)c2cccs2)C1. The first-order valence-corrected chi connectivity index (χ1v) is 5.89. The second-order valence-electron chi connectivity index (χ2n) is 3.81. The van der Waals surface area contributed by atoms with Crippen molar-refractivity contribution in [2.45, 2.75) is 19.4 Å². The smallest absolute Gasteiger partial charge is 0.224 e. The lowest BCUT2D eigenvalue weighted by Crippen LogP contribution is -2.27. The highest BCUT2D eigenvalue weighted by Crippen LogP contribution is 2.30. The van der Waals surface area contributed by atoms with Gasteiger partial charge in [0.25, 0.3) is 0 Å². The summed E-state index contributed by atoms with van der Waals surface area (Å²) in [5.74, 6) is 2.94. The highest BCUT2D eigenvalue weighted by atomic mass is 32.1. The molecule has 1 saturated heterocycles. The van der Waals surface area contributed by atoms with Crippen molar-refractivity contribution in [1.29, 1.82) is 0 Å². The summed E-state index contributed by atoms with van der Waals surface area (Å²) >= 11 is 1.68. The number of nitrogens with zero attached hydrogens (tertiary/aromatic N) is 1. The van der Waals surface area contributed by atoms with E-state index in [1.54, 1.807) is 11.3 Å². The van der Waals surface area contributed by atoms with E-state index in [1.807, 2.05) is 16.3 Å². The molecule has 15 heavy (non-hydrogen) atoms. The van der Waals surface area contributed by atoms with Gasteiger partial charge in [-0.05, 0) is 18.4 Å². The Morgan fingerprint density at radius 3 is 3.07 bits per heavy atom. The zero-order valence-corrected chi connectivity index (χ0v) is 9.46. The van der Waals surface area contributed by atoms with Crippen LogP contribution in [0.3, 0.4) is 0 Å². The molecular formula is C12H13NOS. The van der Waals surface area contributed by atoms with E-state index in [2.05, 4.69) is 18.9 Å². The zero-order valence-electron chi connectivity index (χ0n) is 8.64. The van der Waals surface area contributed by atoms with Crippen molar-refractivity contribution in [3.8, 4) is 12.3 Å². The van der Waals surface area contributed by atoms with Crippen LogP contribution in [0.5, 0.6) is 0 Å². The first-order chi connectivity index (χ1) is 7.22. The van der Waals surface area contributed by atoms with Gasteiger partial charge in [0.15, 0.2) is 0 Å². The average molecular weight is 219 g/mol. The van der Waals surface area contributed by atoms with Crippen LogP contribution in [0.25, 0.3) is 0 Å². The van der Waals surface area contributed by atoms with E-state index in [1.165, 1.54) is 4.88 Å². The lowest BCUT2D eigenvalue weighted by molar-refractivity contribution is -0.129. The molecule has 0 spiro atoms. The number of hydrogen-bond donors (Lipinski definition) is 0. The summed E-state index contributed by atoms with van der Waals surface area (Å²) < 4.78 is 0. The molecule has 2 atom stereocenters. The number of amides is 1. The van der Waals surface area contributed by atoms with Gasteiger partial charge >= 0.3 is 0 Å². The Morgan fingerprint density at radius 2 is 2.53 bits per heavy atom. The predicted molar refractivity (Wildman–Crippen MR) is 61.4 cm³/mol. The molecular weight excluding hydrogens is 206 g/mol. The normalized spacial score (nSPS) is 22.8. The predicted octanol–water partition coefficient (Wildman–Crippen LogP) is 2.29. The van der Waals surface area contributed by atoms with Crippen LogP contribution in [0.15, 0.2) is 17.5 Å². The second kappa shape index (κ2) is 4.08. The molecule has 3 heteroatoms. The minimum atomic E-state index is 0.0971. The van der Waals surface area contributed by atoms with Gasteiger partial charge in [0.2, 0.25) is 5.91 Å². The standard InChI is InChI=1S/C12H13NOS/c1-3-10-7-12(14)13(8-10)9(2)11-5-4-6-15-11/h1,4-6,9-10H,7-8H2,2H3. The summed E-state index contributed by atoms with van der Waals surface area (Å²) in [5, 5.41) is 2.03. The summed E-state index contributed by atoms with van der Waals surface area (Å²) in [5.41, 5.74) is 0. The van der Waals surface area contributed by atoms with Crippen LogP contribution in [0, 0.1) is 18.3 Å². The van der Waals surface area contributed by atoms with Crippen LogP contribution in [-0.4, -0.2) is 17.4 Å². The van der Waals surface area contributed by atoms with Crippen molar-refractivity contribution in [1.82, 2.24) is 4.90 Å². The molecule has 0 aromatic carbocycles. The monoisotopic (exact) mass is 219 g/mol. The summed E-state index contributed by atoms with van der Waals surface area (Å²) in [6.07, 6.45) is 5.86. The van der Waals surface area contributed by atoms with Crippen molar-refractivity contribution in [2.24, 2.45) is 5.92 Å². The Balaban J connectivity index is 2.12. The number of rotatable bonds is 2. The number of carbonyl (C=O) groups excluding carboxylic acids is 1. The maximum Gasteiger partial charge on any atom is 0.224 e. The van der Waals surface area contributed by atoms with Gasteiger partial charge in [-0.25, -0.2) is 0 Å². The fourth-order valence-corrected chi connectivity index (χ4v) is 2.70. The molecule has 0 radical (unpaired) electrons. The quantitative estimate of drug-likeness (QED) is 0.699. The Hall–Kier alpha value is -1.27. The minimum Gasteiger partial charge on any atom is -0.334 e. The summed E-state index contributed by atoms with van der Waals surface area (Å²) in [4.78, 5) is 14.8. The first-order valence-electron chi connectivity index (χ1n) is 5.01.